The van der Waals surface area contributed by atoms with Crippen molar-refractivity contribution in [1.82, 2.24) is 15.5 Å². The summed E-state index contributed by atoms with van der Waals surface area (Å²) in [7, 11) is 0. The first kappa shape index (κ1) is 21.0. The molecule has 23 heavy (non-hydrogen) atoms. The van der Waals surface area contributed by atoms with E-state index in [-0.39, 0.29) is 24.8 Å². The molecule has 3 rings (SSSR count). The van der Waals surface area contributed by atoms with E-state index in [4.69, 9.17) is 4.74 Å². The molecule has 136 valence electrons. The fourth-order valence-electron chi connectivity index (χ4n) is 3.82. The number of piperidine rings is 1. The third-order valence-electron chi connectivity index (χ3n) is 5.41. The van der Waals surface area contributed by atoms with Crippen LogP contribution in [0.5, 0.6) is 0 Å². The minimum absolute atomic E-state index is 0. The highest BCUT2D eigenvalue weighted by Gasteiger charge is 2.57. The number of nitrogens with zero attached hydrogens (tertiary/aromatic N) is 1. The first-order valence-corrected chi connectivity index (χ1v) is 8.59. The predicted molar refractivity (Wildman–Crippen MR) is 96.6 cm³/mol. The Balaban J connectivity index is 0.00000132. The summed E-state index contributed by atoms with van der Waals surface area (Å²) in [5.74, 6) is 0.613. The van der Waals surface area contributed by atoms with Gasteiger partial charge in [0.1, 0.15) is 0 Å². The number of morpholine rings is 1. The standard InChI is InChI=1S/C16H29N3O2.2ClH/c20-15(14-13-16(14)3-6-17-7-4-16)18-5-1-2-8-19-9-11-21-12-10-19;;/h14,17H,1-13H2,(H,18,20);2*1H. The molecule has 0 bridgehead atoms. The summed E-state index contributed by atoms with van der Waals surface area (Å²) in [6.07, 6.45) is 5.74. The number of nitrogens with one attached hydrogen (secondary N) is 2. The van der Waals surface area contributed by atoms with E-state index in [1.807, 2.05) is 0 Å². The lowest BCUT2D eigenvalue weighted by molar-refractivity contribution is -0.123. The first-order valence-electron chi connectivity index (χ1n) is 8.59. The van der Waals surface area contributed by atoms with E-state index in [1.54, 1.807) is 0 Å². The van der Waals surface area contributed by atoms with Crippen molar-refractivity contribution in [2.45, 2.75) is 32.1 Å². The Bertz CT molecular complexity index is 359. The fraction of sp³-hybridized carbons (Fsp3) is 0.938. The third kappa shape index (κ3) is 5.75. The minimum atomic E-state index is 0. The molecule has 3 aliphatic rings. The summed E-state index contributed by atoms with van der Waals surface area (Å²) in [6.45, 7) is 8.01. The maximum absolute atomic E-state index is 12.2. The lowest BCUT2D eigenvalue weighted by atomic mass is 9.92. The molecule has 1 atom stereocenters. The first-order chi connectivity index (χ1) is 10.3. The molecular weight excluding hydrogens is 337 g/mol. The van der Waals surface area contributed by atoms with Crippen LogP contribution < -0.4 is 10.6 Å². The Morgan fingerprint density at radius 2 is 1.87 bits per heavy atom. The minimum Gasteiger partial charge on any atom is -0.379 e. The van der Waals surface area contributed by atoms with E-state index in [0.717, 1.165) is 65.3 Å². The van der Waals surface area contributed by atoms with Crippen molar-refractivity contribution in [1.29, 1.82) is 0 Å². The van der Waals surface area contributed by atoms with Crippen LogP contribution in [0.15, 0.2) is 0 Å². The number of hydrogen-bond donors (Lipinski definition) is 2. The fourth-order valence-corrected chi connectivity index (χ4v) is 3.82. The predicted octanol–water partition coefficient (Wildman–Crippen LogP) is 1.45. The van der Waals surface area contributed by atoms with E-state index in [1.165, 1.54) is 19.3 Å². The molecule has 1 aliphatic carbocycles. The number of rotatable bonds is 6. The second-order valence-corrected chi connectivity index (χ2v) is 6.82. The van der Waals surface area contributed by atoms with Gasteiger partial charge in [0.25, 0.3) is 0 Å². The Morgan fingerprint density at radius 1 is 1.17 bits per heavy atom. The number of amides is 1. The van der Waals surface area contributed by atoms with Gasteiger partial charge in [0.2, 0.25) is 5.91 Å². The number of unbranched alkanes of at least 4 members (excludes halogenated alkanes) is 1. The maximum atomic E-state index is 12.2. The summed E-state index contributed by atoms with van der Waals surface area (Å²) in [6, 6.07) is 0. The second kappa shape index (κ2) is 10.0. The number of halogens is 2. The van der Waals surface area contributed by atoms with E-state index < -0.39 is 0 Å². The molecule has 0 radical (unpaired) electrons. The molecule has 1 unspecified atom stereocenters. The van der Waals surface area contributed by atoms with Crippen LogP contribution >= 0.6 is 24.8 Å². The summed E-state index contributed by atoms with van der Waals surface area (Å²) in [5, 5.41) is 6.54. The lowest BCUT2D eigenvalue weighted by Crippen LogP contribution is -2.37. The largest absolute Gasteiger partial charge is 0.379 e. The summed E-state index contributed by atoms with van der Waals surface area (Å²) in [5.41, 5.74) is 0.364. The van der Waals surface area contributed by atoms with Crippen molar-refractivity contribution in [3.05, 3.63) is 0 Å². The molecule has 2 saturated heterocycles. The van der Waals surface area contributed by atoms with E-state index in [2.05, 4.69) is 15.5 Å². The average Bonchev–Trinajstić information content (AvgIpc) is 3.22. The molecule has 2 heterocycles. The van der Waals surface area contributed by atoms with Crippen LogP contribution in [0.25, 0.3) is 0 Å². The second-order valence-electron chi connectivity index (χ2n) is 6.82. The lowest BCUT2D eigenvalue weighted by Gasteiger charge is -2.26. The zero-order chi connectivity index (χ0) is 14.5. The quantitative estimate of drug-likeness (QED) is 0.697. The van der Waals surface area contributed by atoms with Crippen molar-refractivity contribution < 1.29 is 9.53 Å². The smallest absolute Gasteiger partial charge is 0.223 e. The molecule has 0 aromatic rings. The molecule has 0 aromatic heterocycles. The summed E-state index contributed by atoms with van der Waals surface area (Å²) in [4.78, 5) is 14.6. The molecule has 2 N–H and O–H groups in total. The van der Waals surface area contributed by atoms with Gasteiger partial charge >= 0.3 is 0 Å². The van der Waals surface area contributed by atoms with Crippen LogP contribution in [-0.4, -0.2) is 63.3 Å². The zero-order valence-corrected chi connectivity index (χ0v) is 15.5. The van der Waals surface area contributed by atoms with Crippen molar-refractivity contribution >= 4 is 30.7 Å². The maximum Gasteiger partial charge on any atom is 0.223 e. The van der Waals surface area contributed by atoms with Gasteiger partial charge < -0.3 is 15.4 Å². The van der Waals surface area contributed by atoms with Crippen LogP contribution in [0.4, 0.5) is 0 Å². The Hall–Kier alpha value is -0.0700. The van der Waals surface area contributed by atoms with Crippen molar-refractivity contribution in [2.24, 2.45) is 11.3 Å². The van der Waals surface area contributed by atoms with Crippen LogP contribution in [0, 0.1) is 11.3 Å². The highest BCUT2D eigenvalue weighted by atomic mass is 35.5. The van der Waals surface area contributed by atoms with Gasteiger partial charge in [-0.25, -0.2) is 0 Å². The molecule has 1 saturated carbocycles. The molecule has 3 fully saturated rings. The van der Waals surface area contributed by atoms with Gasteiger partial charge in [-0.1, -0.05) is 0 Å². The molecule has 2 aliphatic heterocycles. The van der Waals surface area contributed by atoms with E-state index in [9.17, 15) is 4.79 Å². The van der Waals surface area contributed by atoms with Crippen LogP contribution in [0.3, 0.4) is 0 Å². The van der Waals surface area contributed by atoms with Gasteiger partial charge in [0.15, 0.2) is 0 Å². The van der Waals surface area contributed by atoms with Crippen molar-refractivity contribution in [2.75, 3.05) is 52.5 Å². The van der Waals surface area contributed by atoms with E-state index >= 15 is 0 Å². The Morgan fingerprint density at radius 3 is 2.57 bits per heavy atom. The molecule has 1 amide bonds. The van der Waals surface area contributed by atoms with Crippen LogP contribution in [0.1, 0.15) is 32.1 Å². The number of carbonyl (C=O) groups is 1. The monoisotopic (exact) mass is 367 g/mol. The SMILES string of the molecule is Cl.Cl.O=C(NCCCCN1CCOCC1)C1CC12CCNCC2. The van der Waals surface area contributed by atoms with Gasteiger partial charge in [-0.15, -0.1) is 24.8 Å². The third-order valence-corrected chi connectivity index (χ3v) is 5.41. The van der Waals surface area contributed by atoms with Gasteiger partial charge in [0, 0.05) is 25.6 Å². The van der Waals surface area contributed by atoms with Crippen LogP contribution in [-0.2, 0) is 9.53 Å². The molecule has 1 spiro atoms. The normalized spacial score (nSPS) is 26.0. The number of hydrogen-bond acceptors (Lipinski definition) is 4. The van der Waals surface area contributed by atoms with Gasteiger partial charge in [-0.2, -0.15) is 0 Å². The van der Waals surface area contributed by atoms with Crippen molar-refractivity contribution in [3.63, 3.8) is 0 Å². The van der Waals surface area contributed by atoms with Gasteiger partial charge in [0.05, 0.1) is 13.2 Å². The summed E-state index contributed by atoms with van der Waals surface area (Å²) >= 11 is 0. The van der Waals surface area contributed by atoms with Gasteiger partial charge in [-0.3, -0.25) is 9.69 Å². The Labute approximate surface area is 152 Å². The van der Waals surface area contributed by atoms with E-state index in [0.29, 0.717) is 17.2 Å². The highest BCUT2D eigenvalue weighted by molar-refractivity contribution is 5.85. The molecular formula is C16H31Cl2N3O2. The molecule has 7 heteroatoms. The topological polar surface area (TPSA) is 53.6 Å². The zero-order valence-electron chi connectivity index (χ0n) is 13.8. The average molecular weight is 368 g/mol. The molecule has 5 nitrogen and oxygen atoms in total. The molecule has 0 aromatic carbocycles. The highest BCUT2D eigenvalue weighted by Crippen LogP contribution is 2.58. The number of carbonyl (C=O) groups excluding carboxylic acids is 1. The Kier molecular flexibility index (Phi) is 9.16. The van der Waals surface area contributed by atoms with Crippen LogP contribution in [0.2, 0.25) is 0 Å². The summed E-state index contributed by atoms with van der Waals surface area (Å²) < 4.78 is 5.34. The van der Waals surface area contributed by atoms with Gasteiger partial charge in [-0.05, 0) is 57.2 Å². The number of ether oxygens (including phenoxy) is 1. The van der Waals surface area contributed by atoms with Crippen molar-refractivity contribution in [3.8, 4) is 0 Å².